The van der Waals surface area contributed by atoms with Gasteiger partial charge in [-0.25, -0.2) is 4.79 Å². The van der Waals surface area contributed by atoms with Crippen LogP contribution in [-0.2, 0) is 6.54 Å². The number of hydrogen-bond acceptors (Lipinski definition) is 3. The Morgan fingerprint density at radius 3 is 2.78 bits per heavy atom. The Bertz CT molecular complexity index is 683. The van der Waals surface area contributed by atoms with Crippen LogP contribution in [0.5, 0.6) is 0 Å². The summed E-state index contributed by atoms with van der Waals surface area (Å²) in [6, 6.07) is 5.45. The minimum atomic E-state index is -0.444. The molecule has 0 spiro atoms. The quantitative estimate of drug-likeness (QED) is 0.819. The number of H-pyrrole nitrogens is 1. The number of halogens is 1. The molecule has 1 aromatic carbocycles. The lowest BCUT2D eigenvalue weighted by Gasteiger charge is -2.10. The van der Waals surface area contributed by atoms with Gasteiger partial charge in [0, 0.05) is 27.5 Å². The van der Waals surface area contributed by atoms with Crippen molar-refractivity contribution in [2.75, 3.05) is 5.73 Å². The minimum absolute atomic E-state index is 0.309. The zero-order valence-electron chi connectivity index (χ0n) is 9.74. The van der Waals surface area contributed by atoms with Crippen molar-refractivity contribution >= 4 is 21.6 Å². The molecule has 0 radical (unpaired) electrons. The number of nitrogen functional groups attached to an aromatic ring is 1. The Labute approximate surface area is 111 Å². The third-order valence-corrected chi connectivity index (χ3v) is 3.42. The van der Waals surface area contributed by atoms with Crippen LogP contribution in [0, 0.1) is 6.92 Å². The number of nitrogens with one attached hydrogen (secondary N) is 1. The highest BCUT2D eigenvalue weighted by atomic mass is 79.9. The number of aromatic nitrogens is 2. The van der Waals surface area contributed by atoms with Gasteiger partial charge in [0.1, 0.15) is 0 Å². The molecule has 0 unspecified atom stereocenters. The Kier molecular flexibility index (Phi) is 3.38. The number of anilines is 1. The second-order valence-electron chi connectivity index (χ2n) is 4.01. The van der Waals surface area contributed by atoms with Gasteiger partial charge in [0.15, 0.2) is 0 Å². The van der Waals surface area contributed by atoms with Gasteiger partial charge < -0.3 is 5.73 Å². The van der Waals surface area contributed by atoms with Crippen molar-refractivity contribution in [1.29, 1.82) is 0 Å². The SMILES string of the molecule is Cc1cn(Cc2c(N)cccc2Br)c(=O)[nH]c1=O. The molecule has 0 aliphatic carbocycles. The molecule has 0 bridgehead atoms. The van der Waals surface area contributed by atoms with E-state index in [0.29, 0.717) is 17.8 Å². The molecule has 2 rings (SSSR count). The molecule has 0 saturated carbocycles. The molecule has 6 heteroatoms. The number of aromatic amines is 1. The van der Waals surface area contributed by atoms with Gasteiger partial charge in [-0.3, -0.25) is 14.3 Å². The van der Waals surface area contributed by atoms with E-state index < -0.39 is 5.69 Å². The molecule has 94 valence electrons. The van der Waals surface area contributed by atoms with E-state index in [2.05, 4.69) is 20.9 Å². The highest BCUT2D eigenvalue weighted by molar-refractivity contribution is 9.10. The molecule has 1 aromatic heterocycles. The molecule has 0 amide bonds. The molecular weight excluding hydrogens is 298 g/mol. The summed E-state index contributed by atoms with van der Waals surface area (Å²) in [5.74, 6) is 0. The maximum Gasteiger partial charge on any atom is 0.328 e. The van der Waals surface area contributed by atoms with Crippen molar-refractivity contribution in [2.45, 2.75) is 13.5 Å². The lowest BCUT2D eigenvalue weighted by Crippen LogP contribution is -2.31. The average molecular weight is 310 g/mol. The molecule has 1 heterocycles. The molecule has 0 aliphatic heterocycles. The number of aryl methyl sites for hydroxylation is 1. The van der Waals surface area contributed by atoms with Gasteiger partial charge in [0.05, 0.1) is 6.54 Å². The van der Waals surface area contributed by atoms with Crippen LogP contribution < -0.4 is 17.0 Å². The van der Waals surface area contributed by atoms with E-state index in [4.69, 9.17) is 5.73 Å². The fourth-order valence-electron chi connectivity index (χ4n) is 1.65. The fraction of sp³-hybridized carbons (Fsp3) is 0.167. The predicted molar refractivity (Wildman–Crippen MR) is 73.7 cm³/mol. The topological polar surface area (TPSA) is 80.9 Å². The molecule has 2 aromatic rings. The van der Waals surface area contributed by atoms with Crippen LogP contribution in [0.2, 0.25) is 0 Å². The summed E-state index contributed by atoms with van der Waals surface area (Å²) < 4.78 is 2.26. The summed E-state index contributed by atoms with van der Waals surface area (Å²) >= 11 is 3.39. The van der Waals surface area contributed by atoms with Crippen LogP contribution >= 0.6 is 15.9 Å². The van der Waals surface area contributed by atoms with Crippen LogP contribution in [0.25, 0.3) is 0 Å². The zero-order chi connectivity index (χ0) is 13.3. The number of rotatable bonds is 2. The van der Waals surface area contributed by atoms with Gasteiger partial charge in [-0.15, -0.1) is 0 Å². The number of nitrogens with zero attached hydrogens (tertiary/aromatic N) is 1. The van der Waals surface area contributed by atoms with Crippen molar-refractivity contribution in [2.24, 2.45) is 0 Å². The minimum Gasteiger partial charge on any atom is -0.398 e. The molecule has 0 aliphatic rings. The third kappa shape index (κ3) is 2.38. The van der Waals surface area contributed by atoms with Gasteiger partial charge in [0.2, 0.25) is 0 Å². The van der Waals surface area contributed by atoms with Crippen LogP contribution in [-0.4, -0.2) is 9.55 Å². The fourth-order valence-corrected chi connectivity index (χ4v) is 2.16. The average Bonchev–Trinajstić information content (AvgIpc) is 2.30. The molecule has 0 atom stereocenters. The summed E-state index contributed by atoms with van der Waals surface area (Å²) in [4.78, 5) is 25.2. The van der Waals surface area contributed by atoms with Crippen molar-refractivity contribution in [3.63, 3.8) is 0 Å². The maximum atomic E-state index is 11.7. The molecule has 0 fully saturated rings. The van der Waals surface area contributed by atoms with E-state index >= 15 is 0 Å². The van der Waals surface area contributed by atoms with Crippen LogP contribution in [0.15, 0.2) is 38.5 Å². The second-order valence-corrected chi connectivity index (χ2v) is 4.86. The predicted octanol–water partition coefficient (Wildman–Crippen LogP) is 1.24. The molecule has 18 heavy (non-hydrogen) atoms. The van der Waals surface area contributed by atoms with E-state index in [9.17, 15) is 9.59 Å². The van der Waals surface area contributed by atoms with Gasteiger partial charge in [0.25, 0.3) is 5.56 Å². The molecule has 5 nitrogen and oxygen atoms in total. The van der Waals surface area contributed by atoms with E-state index in [1.165, 1.54) is 10.8 Å². The highest BCUT2D eigenvalue weighted by Gasteiger charge is 2.07. The molecule has 3 N–H and O–H groups in total. The van der Waals surface area contributed by atoms with Gasteiger partial charge in [-0.2, -0.15) is 0 Å². The summed E-state index contributed by atoms with van der Waals surface area (Å²) in [7, 11) is 0. The van der Waals surface area contributed by atoms with Crippen molar-refractivity contribution in [1.82, 2.24) is 9.55 Å². The normalized spacial score (nSPS) is 10.6. The maximum absolute atomic E-state index is 11.7. The van der Waals surface area contributed by atoms with Crippen molar-refractivity contribution < 1.29 is 0 Å². The lowest BCUT2D eigenvalue weighted by atomic mass is 10.2. The number of nitrogens with two attached hydrogens (primary N) is 1. The van der Waals surface area contributed by atoms with Crippen molar-refractivity contribution in [3.8, 4) is 0 Å². The largest absolute Gasteiger partial charge is 0.398 e. The molecule has 0 saturated heterocycles. The summed E-state index contributed by atoms with van der Waals surface area (Å²) in [5, 5.41) is 0. The lowest BCUT2D eigenvalue weighted by molar-refractivity contribution is 0.713. The summed E-state index contributed by atoms with van der Waals surface area (Å²) in [5.41, 5.74) is 6.96. The van der Waals surface area contributed by atoms with Crippen LogP contribution in [0.3, 0.4) is 0 Å². The van der Waals surface area contributed by atoms with Gasteiger partial charge in [-0.1, -0.05) is 22.0 Å². The smallest absolute Gasteiger partial charge is 0.328 e. The first kappa shape index (κ1) is 12.6. The standard InChI is InChI=1S/C12H12BrN3O2/c1-7-5-16(12(18)15-11(7)17)6-8-9(13)3-2-4-10(8)14/h2-5H,6,14H2,1H3,(H,15,17,18). The second kappa shape index (κ2) is 4.81. The van der Waals surface area contributed by atoms with E-state index in [-0.39, 0.29) is 5.56 Å². The first-order valence-electron chi connectivity index (χ1n) is 5.32. The zero-order valence-corrected chi connectivity index (χ0v) is 11.3. The third-order valence-electron chi connectivity index (χ3n) is 2.67. The van der Waals surface area contributed by atoms with E-state index in [0.717, 1.165) is 10.0 Å². The monoisotopic (exact) mass is 309 g/mol. The van der Waals surface area contributed by atoms with Gasteiger partial charge in [-0.05, 0) is 19.1 Å². The Hall–Kier alpha value is -1.82. The van der Waals surface area contributed by atoms with Gasteiger partial charge >= 0.3 is 5.69 Å². The Balaban J connectivity index is 2.50. The Morgan fingerprint density at radius 1 is 1.39 bits per heavy atom. The van der Waals surface area contributed by atoms with Crippen LogP contribution in [0.1, 0.15) is 11.1 Å². The first-order chi connectivity index (χ1) is 8.49. The first-order valence-corrected chi connectivity index (χ1v) is 6.11. The summed E-state index contributed by atoms with van der Waals surface area (Å²) in [6.07, 6.45) is 1.53. The molecular formula is C12H12BrN3O2. The van der Waals surface area contributed by atoms with Crippen LogP contribution in [0.4, 0.5) is 5.69 Å². The van der Waals surface area contributed by atoms with E-state index in [1.807, 2.05) is 12.1 Å². The highest BCUT2D eigenvalue weighted by Crippen LogP contribution is 2.22. The Morgan fingerprint density at radius 2 is 2.11 bits per heavy atom. The number of hydrogen-bond donors (Lipinski definition) is 2. The number of benzene rings is 1. The summed E-state index contributed by atoms with van der Waals surface area (Å²) in [6.45, 7) is 1.96. The van der Waals surface area contributed by atoms with E-state index in [1.54, 1.807) is 13.0 Å². The van der Waals surface area contributed by atoms with Crippen molar-refractivity contribution in [3.05, 3.63) is 60.8 Å².